The Bertz CT molecular complexity index is 388. The molecule has 0 aromatic rings. The second-order valence-corrected chi connectivity index (χ2v) is 5.59. The summed E-state index contributed by atoms with van der Waals surface area (Å²) in [4.78, 5) is 9.69. The van der Waals surface area contributed by atoms with Crippen LogP contribution in [0.1, 0.15) is 46.5 Å². The number of allylic oxidation sites excluding steroid dienone is 1. The summed E-state index contributed by atoms with van der Waals surface area (Å²) in [6.45, 7) is 10.2. The maximum absolute atomic E-state index is 5.58. The van der Waals surface area contributed by atoms with Gasteiger partial charge >= 0.3 is 0 Å². The summed E-state index contributed by atoms with van der Waals surface area (Å²) < 4.78 is 11.1. The third-order valence-electron chi connectivity index (χ3n) is 3.69. The maximum atomic E-state index is 5.58. The van der Waals surface area contributed by atoms with Crippen LogP contribution in [0.3, 0.4) is 0 Å². The average molecular weight is 280 g/mol. The van der Waals surface area contributed by atoms with Crippen molar-refractivity contribution in [1.29, 1.82) is 0 Å². The molecule has 0 N–H and O–H groups in total. The van der Waals surface area contributed by atoms with Crippen molar-refractivity contribution in [3.8, 4) is 0 Å². The van der Waals surface area contributed by atoms with Gasteiger partial charge in [0.15, 0.2) is 0 Å². The Labute approximate surface area is 123 Å². The van der Waals surface area contributed by atoms with E-state index in [2.05, 4.69) is 27.4 Å². The first kappa shape index (κ1) is 16.7. The van der Waals surface area contributed by atoms with E-state index in [9.17, 15) is 0 Å². The van der Waals surface area contributed by atoms with Crippen LogP contribution in [0, 0.1) is 5.92 Å². The molecule has 0 saturated carbocycles. The Morgan fingerprint density at radius 2 is 2.00 bits per heavy atom. The van der Waals surface area contributed by atoms with Gasteiger partial charge < -0.3 is 9.47 Å². The minimum Gasteiger partial charge on any atom is -0.483 e. The number of nitrogens with zero attached hydrogens (tertiary/aromatic N) is 2. The third-order valence-corrected chi connectivity index (χ3v) is 3.69. The van der Waals surface area contributed by atoms with Crippen LogP contribution < -0.4 is 0 Å². The lowest BCUT2D eigenvalue weighted by atomic mass is 9.86. The number of ether oxygens (including phenoxy) is 2. The fourth-order valence-corrected chi connectivity index (χ4v) is 2.67. The zero-order valence-corrected chi connectivity index (χ0v) is 13.5. The summed E-state index contributed by atoms with van der Waals surface area (Å²) in [5, 5.41) is 0. The summed E-state index contributed by atoms with van der Waals surface area (Å²) in [5.41, 5.74) is -0.394. The first-order valence-corrected chi connectivity index (χ1v) is 7.41. The van der Waals surface area contributed by atoms with E-state index >= 15 is 0 Å². The second-order valence-electron chi connectivity index (χ2n) is 5.59. The van der Waals surface area contributed by atoms with Crippen LogP contribution in [0.4, 0.5) is 0 Å². The normalized spacial score (nSPS) is 26.0. The van der Waals surface area contributed by atoms with E-state index in [1.165, 1.54) is 0 Å². The molecule has 4 heteroatoms. The van der Waals surface area contributed by atoms with E-state index in [4.69, 9.17) is 19.5 Å². The minimum atomic E-state index is -0.394. The van der Waals surface area contributed by atoms with Gasteiger partial charge in [0.25, 0.3) is 0 Å². The molecule has 0 unspecified atom stereocenters. The second kappa shape index (κ2) is 7.46. The van der Waals surface area contributed by atoms with Gasteiger partial charge in [-0.3, -0.25) is 0 Å². The lowest BCUT2D eigenvalue weighted by molar-refractivity contribution is 0.289. The Hall–Kier alpha value is -1.32. The van der Waals surface area contributed by atoms with Crippen LogP contribution >= 0.6 is 0 Å². The SMILES string of the molecule is C=CCC[C@]1(CCC)N=C(OC)[C@@H](C(C)C)N=C1OC. The van der Waals surface area contributed by atoms with E-state index in [1.54, 1.807) is 14.2 Å². The molecule has 1 rings (SSSR count). The van der Waals surface area contributed by atoms with Crippen LogP contribution in [0.2, 0.25) is 0 Å². The molecule has 1 aliphatic heterocycles. The first-order valence-electron chi connectivity index (χ1n) is 7.41. The van der Waals surface area contributed by atoms with E-state index in [0.29, 0.717) is 5.92 Å². The molecule has 2 atom stereocenters. The van der Waals surface area contributed by atoms with Crippen molar-refractivity contribution in [2.24, 2.45) is 15.9 Å². The monoisotopic (exact) mass is 280 g/mol. The van der Waals surface area contributed by atoms with E-state index in [-0.39, 0.29) is 6.04 Å². The lowest BCUT2D eigenvalue weighted by Crippen LogP contribution is -2.46. The number of aliphatic imine (C=N–C) groups is 2. The molecule has 4 nitrogen and oxygen atoms in total. The third kappa shape index (κ3) is 3.41. The first-order chi connectivity index (χ1) is 9.54. The molecule has 0 spiro atoms. The summed E-state index contributed by atoms with van der Waals surface area (Å²) in [5.74, 6) is 1.79. The number of hydrogen-bond donors (Lipinski definition) is 0. The molecule has 0 amide bonds. The van der Waals surface area contributed by atoms with E-state index < -0.39 is 5.54 Å². The zero-order valence-electron chi connectivity index (χ0n) is 13.5. The molecule has 1 heterocycles. The number of methoxy groups -OCH3 is 2. The van der Waals surface area contributed by atoms with Gasteiger partial charge in [-0.2, -0.15) is 0 Å². The summed E-state index contributed by atoms with van der Waals surface area (Å²) in [6, 6.07) is -0.0522. The zero-order chi connectivity index (χ0) is 15.2. The van der Waals surface area contributed by atoms with Crippen LogP contribution in [-0.4, -0.2) is 37.6 Å². The number of rotatable bonds is 6. The summed E-state index contributed by atoms with van der Waals surface area (Å²) >= 11 is 0. The maximum Gasteiger partial charge on any atom is 0.212 e. The Kier molecular flexibility index (Phi) is 6.24. The largest absolute Gasteiger partial charge is 0.483 e. The van der Waals surface area contributed by atoms with E-state index in [0.717, 1.165) is 37.5 Å². The molecular weight excluding hydrogens is 252 g/mol. The molecular formula is C16H28N2O2. The highest BCUT2D eigenvalue weighted by Crippen LogP contribution is 2.32. The van der Waals surface area contributed by atoms with Crippen molar-refractivity contribution in [3.63, 3.8) is 0 Å². The molecule has 20 heavy (non-hydrogen) atoms. The van der Waals surface area contributed by atoms with Crippen LogP contribution in [0.25, 0.3) is 0 Å². The minimum absolute atomic E-state index is 0.0522. The Balaban J connectivity index is 3.21. The van der Waals surface area contributed by atoms with Gasteiger partial charge in [-0.1, -0.05) is 33.3 Å². The van der Waals surface area contributed by atoms with Gasteiger partial charge in [0.05, 0.1) is 14.2 Å². The molecule has 0 bridgehead atoms. The highest BCUT2D eigenvalue weighted by Gasteiger charge is 2.42. The fourth-order valence-electron chi connectivity index (χ4n) is 2.67. The van der Waals surface area contributed by atoms with Crippen LogP contribution in [0.15, 0.2) is 22.6 Å². The molecule has 0 aromatic carbocycles. The van der Waals surface area contributed by atoms with Crippen molar-refractivity contribution in [3.05, 3.63) is 12.7 Å². The van der Waals surface area contributed by atoms with Crippen LogP contribution in [-0.2, 0) is 9.47 Å². The molecule has 0 aliphatic carbocycles. The molecule has 1 aliphatic rings. The highest BCUT2D eigenvalue weighted by molar-refractivity contribution is 5.96. The van der Waals surface area contributed by atoms with Gasteiger partial charge in [-0.15, -0.1) is 6.58 Å². The van der Waals surface area contributed by atoms with Crippen molar-refractivity contribution < 1.29 is 9.47 Å². The van der Waals surface area contributed by atoms with Gasteiger partial charge in [-0.05, 0) is 25.2 Å². The standard InChI is InChI=1S/C16H28N2O2/c1-7-9-11-16(10-8-2)15(20-6)17-13(12(3)4)14(18-16)19-5/h7,12-13H,1,8-11H2,2-6H3/t13-,16+/m1/s1. The molecule has 0 saturated heterocycles. The van der Waals surface area contributed by atoms with E-state index in [1.807, 2.05) is 6.08 Å². The fraction of sp³-hybridized carbons (Fsp3) is 0.750. The number of hydrogen-bond acceptors (Lipinski definition) is 4. The summed E-state index contributed by atoms with van der Waals surface area (Å²) in [6.07, 6.45) is 5.59. The average Bonchev–Trinajstić information content (AvgIpc) is 2.44. The molecule has 0 radical (unpaired) electrons. The predicted octanol–water partition coefficient (Wildman–Crippen LogP) is 3.62. The van der Waals surface area contributed by atoms with Gasteiger partial charge in [0.1, 0.15) is 11.6 Å². The Morgan fingerprint density at radius 3 is 2.45 bits per heavy atom. The topological polar surface area (TPSA) is 43.2 Å². The Morgan fingerprint density at radius 1 is 1.30 bits per heavy atom. The van der Waals surface area contributed by atoms with Crippen molar-refractivity contribution >= 4 is 11.8 Å². The molecule has 0 aromatic heterocycles. The smallest absolute Gasteiger partial charge is 0.212 e. The van der Waals surface area contributed by atoms with Crippen molar-refractivity contribution in [1.82, 2.24) is 0 Å². The lowest BCUT2D eigenvalue weighted by Gasteiger charge is -2.36. The van der Waals surface area contributed by atoms with Gasteiger partial charge in [-0.25, -0.2) is 9.98 Å². The van der Waals surface area contributed by atoms with Gasteiger partial charge in [0, 0.05) is 0 Å². The van der Waals surface area contributed by atoms with Crippen molar-refractivity contribution in [2.75, 3.05) is 14.2 Å². The van der Waals surface area contributed by atoms with Crippen molar-refractivity contribution in [2.45, 2.75) is 58.0 Å². The molecule has 114 valence electrons. The predicted molar refractivity (Wildman–Crippen MR) is 84.6 cm³/mol. The quantitative estimate of drug-likeness (QED) is 0.697. The highest BCUT2D eigenvalue weighted by atomic mass is 16.5. The molecule has 0 fully saturated rings. The summed E-state index contributed by atoms with van der Waals surface area (Å²) in [7, 11) is 3.35. The van der Waals surface area contributed by atoms with Gasteiger partial charge in [0.2, 0.25) is 11.8 Å². The van der Waals surface area contributed by atoms with Crippen LogP contribution in [0.5, 0.6) is 0 Å².